The number of benzene rings is 2. The first kappa shape index (κ1) is 22.9. The Balaban J connectivity index is 1.55. The summed E-state index contributed by atoms with van der Waals surface area (Å²) in [7, 11) is 1.71. The maximum Gasteiger partial charge on any atom is 0.225 e. The number of anilines is 1. The van der Waals surface area contributed by atoms with Crippen LogP contribution in [-0.4, -0.2) is 50.1 Å². The molecule has 0 bridgehead atoms. The number of amides is 1. The number of halogens is 1. The Morgan fingerprint density at radius 3 is 2.69 bits per heavy atom. The van der Waals surface area contributed by atoms with Crippen LogP contribution < -0.4 is 15.0 Å². The molecule has 0 spiro atoms. The van der Waals surface area contributed by atoms with Crippen molar-refractivity contribution in [2.24, 2.45) is 11.8 Å². The Morgan fingerprint density at radius 1 is 1.19 bits per heavy atom. The van der Waals surface area contributed by atoms with Crippen LogP contribution in [0.3, 0.4) is 0 Å². The molecular formula is C26H34ClN3O2. The second-order valence-electron chi connectivity index (χ2n) is 9.40. The molecule has 0 aromatic heterocycles. The molecule has 1 amide bonds. The SMILES string of the molecule is COc1ccc2c(c1)N1CCN(Cc3ccc(Cl)cc3)C[C@H]1[C@@H](C(=O)NCCC(C)C)C2. The van der Waals surface area contributed by atoms with E-state index in [9.17, 15) is 4.79 Å². The molecule has 2 aliphatic rings. The van der Waals surface area contributed by atoms with Gasteiger partial charge in [0.1, 0.15) is 5.75 Å². The first-order valence-corrected chi connectivity index (χ1v) is 12.0. The van der Waals surface area contributed by atoms with E-state index in [0.29, 0.717) is 5.92 Å². The monoisotopic (exact) mass is 455 g/mol. The fourth-order valence-electron chi connectivity index (χ4n) is 4.87. The molecular weight excluding hydrogens is 422 g/mol. The van der Waals surface area contributed by atoms with Gasteiger partial charge in [-0.25, -0.2) is 0 Å². The maximum atomic E-state index is 13.3. The van der Waals surface area contributed by atoms with Crippen molar-refractivity contribution in [1.29, 1.82) is 0 Å². The lowest BCUT2D eigenvalue weighted by atomic mass is 9.83. The lowest BCUT2D eigenvalue weighted by molar-refractivity contribution is -0.126. The molecule has 172 valence electrons. The van der Waals surface area contributed by atoms with E-state index in [2.05, 4.69) is 53.2 Å². The van der Waals surface area contributed by atoms with Gasteiger partial charge in [0.25, 0.3) is 0 Å². The molecule has 2 aromatic carbocycles. The molecule has 2 heterocycles. The highest BCUT2D eigenvalue weighted by molar-refractivity contribution is 6.30. The smallest absolute Gasteiger partial charge is 0.225 e. The summed E-state index contributed by atoms with van der Waals surface area (Å²) in [6, 6.07) is 14.5. The van der Waals surface area contributed by atoms with Gasteiger partial charge in [-0.05, 0) is 48.1 Å². The van der Waals surface area contributed by atoms with E-state index in [1.54, 1.807) is 7.11 Å². The third-order valence-corrected chi connectivity index (χ3v) is 6.94. The minimum absolute atomic E-state index is 0.0592. The topological polar surface area (TPSA) is 44.8 Å². The highest BCUT2D eigenvalue weighted by Crippen LogP contribution is 2.38. The molecule has 4 rings (SSSR count). The molecule has 0 aliphatic carbocycles. The summed E-state index contributed by atoms with van der Waals surface area (Å²) in [6.07, 6.45) is 1.77. The highest BCUT2D eigenvalue weighted by atomic mass is 35.5. The number of methoxy groups -OCH3 is 1. The van der Waals surface area contributed by atoms with Crippen LogP contribution in [0.4, 0.5) is 5.69 Å². The summed E-state index contributed by atoms with van der Waals surface area (Å²) in [6.45, 7) is 8.70. The summed E-state index contributed by atoms with van der Waals surface area (Å²) in [5.41, 5.74) is 3.70. The molecule has 1 fully saturated rings. The quantitative estimate of drug-likeness (QED) is 0.673. The first-order chi connectivity index (χ1) is 15.4. The number of carbonyl (C=O) groups is 1. The second-order valence-corrected chi connectivity index (χ2v) is 9.84. The van der Waals surface area contributed by atoms with E-state index in [-0.39, 0.29) is 17.9 Å². The van der Waals surface area contributed by atoms with Gasteiger partial charge in [0.15, 0.2) is 0 Å². The van der Waals surface area contributed by atoms with Gasteiger partial charge in [0.2, 0.25) is 5.91 Å². The summed E-state index contributed by atoms with van der Waals surface area (Å²) < 4.78 is 5.49. The van der Waals surface area contributed by atoms with Crippen molar-refractivity contribution >= 4 is 23.2 Å². The number of rotatable bonds is 7. The van der Waals surface area contributed by atoms with Gasteiger partial charge >= 0.3 is 0 Å². The van der Waals surface area contributed by atoms with E-state index >= 15 is 0 Å². The van der Waals surface area contributed by atoms with Gasteiger partial charge < -0.3 is 15.0 Å². The van der Waals surface area contributed by atoms with E-state index < -0.39 is 0 Å². The van der Waals surface area contributed by atoms with E-state index in [1.165, 1.54) is 16.8 Å². The standard InChI is InChI=1S/C26H34ClN3O2/c1-18(2)10-11-28-26(31)23-14-20-6-9-22(32-3)15-24(20)30-13-12-29(17-25(23)30)16-19-4-7-21(27)8-5-19/h4-9,15,18,23,25H,10-14,16-17H2,1-3H3,(H,28,31)/t23-,25-/m0/s1. The summed E-state index contributed by atoms with van der Waals surface area (Å²) in [4.78, 5) is 18.2. The van der Waals surface area contributed by atoms with Crippen molar-refractivity contribution in [3.63, 3.8) is 0 Å². The number of piperazine rings is 1. The molecule has 6 heteroatoms. The minimum atomic E-state index is -0.0592. The van der Waals surface area contributed by atoms with Gasteiger partial charge in [0.05, 0.1) is 19.1 Å². The maximum absolute atomic E-state index is 13.3. The average molecular weight is 456 g/mol. The molecule has 2 atom stereocenters. The van der Waals surface area contributed by atoms with Crippen LogP contribution in [0.15, 0.2) is 42.5 Å². The average Bonchev–Trinajstić information content (AvgIpc) is 2.79. The van der Waals surface area contributed by atoms with Crippen molar-refractivity contribution in [2.75, 3.05) is 38.2 Å². The fraction of sp³-hybridized carbons (Fsp3) is 0.500. The molecule has 0 radical (unpaired) electrons. The largest absolute Gasteiger partial charge is 0.497 e. The zero-order valence-electron chi connectivity index (χ0n) is 19.3. The van der Waals surface area contributed by atoms with Crippen LogP contribution in [0.5, 0.6) is 5.75 Å². The Labute approximate surface area is 196 Å². The Kier molecular flexibility index (Phi) is 7.27. The highest BCUT2D eigenvalue weighted by Gasteiger charge is 2.41. The molecule has 32 heavy (non-hydrogen) atoms. The molecule has 1 saturated heterocycles. The van der Waals surface area contributed by atoms with Crippen LogP contribution in [0.1, 0.15) is 31.4 Å². The number of hydrogen-bond acceptors (Lipinski definition) is 4. The van der Waals surface area contributed by atoms with Gasteiger partial charge in [0, 0.05) is 49.5 Å². The van der Waals surface area contributed by atoms with Gasteiger partial charge in [-0.2, -0.15) is 0 Å². The third kappa shape index (κ3) is 5.21. The number of nitrogens with one attached hydrogen (secondary N) is 1. The Hall–Kier alpha value is -2.24. The first-order valence-electron chi connectivity index (χ1n) is 11.6. The molecule has 0 saturated carbocycles. The summed E-state index contributed by atoms with van der Waals surface area (Å²) in [5, 5.41) is 3.98. The molecule has 5 nitrogen and oxygen atoms in total. The number of ether oxygens (including phenoxy) is 1. The number of nitrogens with zero attached hydrogens (tertiary/aromatic N) is 2. The second kappa shape index (κ2) is 10.1. The Bertz CT molecular complexity index is 931. The lowest BCUT2D eigenvalue weighted by Crippen LogP contribution is -2.60. The van der Waals surface area contributed by atoms with E-state index in [4.69, 9.17) is 16.3 Å². The van der Waals surface area contributed by atoms with Gasteiger partial charge in [-0.3, -0.25) is 9.69 Å². The Morgan fingerprint density at radius 2 is 1.97 bits per heavy atom. The van der Waals surface area contributed by atoms with Crippen LogP contribution in [0.25, 0.3) is 0 Å². The van der Waals surface area contributed by atoms with Crippen molar-refractivity contribution in [3.8, 4) is 5.75 Å². The number of hydrogen-bond donors (Lipinski definition) is 1. The van der Waals surface area contributed by atoms with Crippen LogP contribution in [0.2, 0.25) is 5.02 Å². The lowest BCUT2D eigenvalue weighted by Gasteiger charge is -2.49. The molecule has 2 aromatic rings. The van der Waals surface area contributed by atoms with Gasteiger partial charge in [-0.15, -0.1) is 0 Å². The van der Waals surface area contributed by atoms with E-state index in [1.807, 2.05) is 18.2 Å². The van der Waals surface area contributed by atoms with Crippen LogP contribution in [-0.2, 0) is 17.8 Å². The third-order valence-electron chi connectivity index (χ3n) is 6.69. The minimum Gasteiger partial charge on any atom is -0.497 e. The summed E-state index contributed by atoms with van der Waals surface area (Å²) in [5.74, 6) is 1.56. The number of carbonyl (C=O) groups excluding carboxylic acids is 1. The summed E-state index contributed by atoms with van der Waals surface area (Å²) >= 11 is 6.06. The van der Waals surface area contributed by atoms with E-state index in [0.717, 1.165) is 56.3 Å². The van der Waals surface area contributed by atoms with Crippen molar-refractivity contribution in [2.45, 2.75) is 39.3 Å². The number of fused-ring (bicyclic) bond motifs is 3. The predicted octanol–water partition coefficient (Wildman–Crippen LogP) is 4.37. The molecule has 0 unspecified atom stereocenters. The van der Waals surface area contributed by atoms with Crippen LogP contribution in [0, 0.1) is 11.8 Å². The molecule has 1 N–H and O–H groups in total. The predicted molar refractivity (Wildman–Crippen MR) is 131 cm³/mol. The zero-order valence-corrected chi connectivity index (χ0v) is 20.1. The van der Waals surface area contributed by atoms with Crippen molar-refractivity contribution in [3.05, 3.63) is 58.6 Å². The van der Waals surface area contributed by atoms with Crippen molar-refractivity contribution < 1.29 is 9.53 Å². The zero-order chi connectivity index (χ0) is 22.7. The van der Waals surface area contributed by atoms with Gasteiger partial charge in [-0.1, -0.05) is 43.6 Å². The van der Waals surface area contributed by atoms with Crippen LogP contribution >= 0.6 is 11.6 Å². The molecule has 2 aliphatic heterocycles. The normalized spacial score (nSPS) is 20.6. The van der Waals surface area contributed by atoms with Crippen molar-refractivity contribution in [1.82, 2.24) is 10.2 Å². The fourth-order valence-corrected chi connectivity index (χ4v) is 5.00.